The molecule has 0 bridgehead atoms. The van der Waals surface area contributed by atoms with Gasteiger partial charge in [0.2, 0.25) is 5.91 Å². The lowest BCUT2D eigenvalue weighted by Crippen LogP contribution is -2.14. The van der Waals surface area contributed by atoms with Crippen LogP contribution in [0, 0.1) is 6.92 Å². The molecule has 1 amide bonds. The average molecular weight is 419 g/mol. The van der Waals surface area contributed by atoms with Crippen LogP contribution >= 0.6 is 11.3 Å². The van der Waals surface area contributed by atoms with Gasteiger partial charge >= 0.3 is 0 Å². The number of carbonyl (C=O) groups is 1. The van der Waals surface area contributed by atoms with E-state index in [9.17, 15) is 9.90 Å². The zero-order valence-electron chi connectivity index (χ0n) is 24.9. The normalized spacial score (nSPS) is 16.3. The number of amides is 1. The maximum atomic E-state index is 12.4. The molecule has 0 aliphatic rings. The highest BCUT2D eigenvalue weighted by Crippen LogP contribution is 2.21. The fraction of sp³-hybridized carbons (Fsp3) is 0.304. The number of nitrogens with zero attached hydrogens (tertiary/aromatic N) is 1. The van der Waals surface area contributed by atoms with Gasteiger partial charge < -0.3 is 16.2 Å². The van der Waals surface area contributed by atoms with Crippen LogP contribution in [0.1, 0.15) is 60.1 Å². The molecule has 152 valence electrons. The quantitative estimate of drug-likeness (QED) is 0.441. The molecule has 2 aromatic carbocycles. The van der Waals surface area contributed by atoms with E-state index in [1.54, 1.807) is 0 Å². The minimum Gasteiger partial charge on any atom is -0.388 e. The number of thiazole rings is 1. The van der Waals surface area contributed by atoms with Crippen LogP contribution in [0.25, 0.3) is 0 Å². The summed E-state index contributed by atoms with van der Waals surface area (Å²) in [6.07, 6.45) is -0.449. The van der Waals surface area contributed by atoms with Gasteiger partial charge in [-0.1, -0.05) is 48.2 Å². The molecular weight excluding hydrogens is 382 g/mol. The van der Waals surface area contributed by atoms with Crippen molar-refractivity contribution in [3.63, 3.8) is 0 Å². The lowest BCUT2D eigenvalue weighted by Gasteiger charge is -2.11. The largest absolute Gasteiger partial charge is 0.388 e. The summed E-state index contributed by atoms with van der Waals surface area (Å²) >= 11 is 0.913. The van der Waals surface area contributed by atoms with Gasteiger partial charge in [0.15, 0.2) is 5.13 Å². The highest BCUT2D eigenvalue weighted by molar-refractivity contribution is 7.13. The molecule has 5 nitrogen and oxygen atoms in total. The Labute approximate surface area is 188 Å². The molecule has 0 saturated heterocycles. The van der Waals surface area contributed by atoms with Crippen molar-refractivity contribution in [3.05, 3.63) is 76.1 Å². The van der Waals surface area contributed by atoms with Gasteiger partial charge in [0.25, 0.3) is 0 Å². The number of aliphatic hydroxyl groups is 1. The first kappa shape index (κ1) is 12.1. The third-order valence-corrected chi connectivity index (χ3v) is 4.68. The molecule has 1 aromatic heterocycles. The molecule has 0 aliphatic heterocycles. The van der Waals surface area contributed by atoms with E-state index < -0.39 is 24.1 Å². The lowest BCUT2D eigenvalue weighted by atomic mass is 10.00. The Morgan fingerprint density at radius 3 is 2.79 bits per heavy atom. The van der Waals surface area contributed by atoms with Crippen molar-refractivity contribution in [3.8, 4) is 0 Å². The molecule has 4 N–H and O–H groups in total. The molecule has 0 radical (unpaired) electrons. The van der Waals surface area contributed by atoms with Crippen LogP contribution in [0.2, 0.25) is 0 Å². The highest BCUT2D eigenvalue weighted by atomic mass is 32.1. The summed E-state index contributed by atoms with van der Waals surface area (Å²) in [6.45, 7) is 1.49. The van der Waals surface area contributed by atoms with Gasteiger partial charge in [-0.05, 0) is 49.4 Å². The smallest absolute Gasteiger partial charge is 0.230 e. The number of aromatic nitrogens is 1. The third kappa shape index (κ3) is 6.69. The van der Waals surface area contributed by atoms with Gasteiger partial charge in [-0.25, -0.2) is 4.98 Å². The molecule has 0 fully saturated rings. The fourth-order valence-electron chi connectivity index (χ4n) is 2.63. The van der Waals surface area contributed by atoms with Crippen molar-refractivity contribution in [1.29, 1.82) is 0 Å². The molecule has 6 heteroatoms. The molecule has 3 aromatic rings. The third-order valence-electron chi connectivity index (χ3n) is 4.04. The van der Waals surface area contributed by atoms with Crippen LogP contribution in [0.5, 0.6) is 0 Å². The number of carbonyl (C=O) groups excluding carboxylic acids is 1. The Balaban J connectivity index is 1.68. The predicted molar refractivity (Wildman–Crippen MR) is 119 cm³/mol. The maximum Gasteiger partial charge on any atom is 0.230 e. The van der Waals surface area contributed by atoms with E-state index in [4.69, 9.17) is 18.1 Å². The van der Waals surface area contributed by atoms with Gasteiger partial charge in [0.1, 0.15) is 0 Å². The molecule has 0 spiro atoms. The van der Waals surface area contributed by atoms with Crippen molar-refractivity contribution in [1.82, 2.24) is 4.98 Å². The summed E-state index contributed by atoms with van der Waals surface area (Å²) in [5.41, 5.74) is 5.78. The van der Waals surface area contributed by atoms with Crippen LogP contribution in [0.4, 0.5) is 10.8 Å². The predicted octanol–water partition coefficient (Wildman–Crippen LogP) is 4.66. The van der Waals surface area contributed by atoms with E-state index in [-0.39, 0.29) is 94.1 Å². The SMILES string of the molecule is [2H]c1sc(N)nc1CC(=O)Nc1c([2H])c([2H])c(CCCC[C@H](O)c2c([2H])c([2H])c([2H])c(C)c2[2H])c([2H])c1[2H]. The van der Waals surface area contributed by atoms with Gasteiger partial charge in [-0.2, -0.15) is 0 Å². The Morgan fingerprint density at radius 2 is 2.07 bits per heavy atom. The second-order valence-electron chi connectivity index (χ2n) is 6.48. The van der Waals surface area contributed by atoms with Crippen LogP contribution in [-0.2, 0) is 17.6 Å². The van der Waals surface area contributed by atoms with E-state index in [1.165, 1.54) is 6.92 Å². The number of aliphatic hydroxyl groups excluding tert-OH is 1. The van der Waals surface area contributed by atoms with Crippen LogP contribution in [0.3, 0.4) is 0 Å². The maximum absolute atomic E-state index is 12.4. The van der Waals surface area contributed by atoms with Gasteiger partial charge in [0, 0.05) is 11.0 Å². The van der Waals surface area contributed by atoms with E-state index in [2.05, 4.69) is 10.3 Å². The first-order valence-electron chi connectivity index (χ1n) is 13.6. The lowest BCUT2D eigenvalue weighted by molar-refractivity contribution is -0.115. The fourth-order valence-corrected chi connectivity index (χ4v) is 3.13. The summed E-state index contributed by atoms with van der Waals surface area (Å²) in [6, 6.07) is -2.49. The second-order valence-corrected chi connectivity index (χ2v) is 7.31. The number of hydrogen-bond donors (Lipinski definition) is 3. The van der Waals surface area contributed by atoms with Crippen molar-refractivity contribution in [2.75, 3.05) is 11.1 Å². The zero-order chi connectivity index (χ0) is 28.5. The average Bonchev–Trinajstić information content (AvgIpc) is 3.18. The summed E-state index contributed by atoms with van der Waals surface area (Å²) in [5.74, 6) is -0.654. The van der Waals surface area contributed by atoms with Crippen molar-refractivity contribution < 1.29 is 22.2 Å². The topological polar surface area (TPSA) is 88.2 Å². The molecule has 3 rings (SSSR count). The van der Waals surface area contributed by atoms with Gasteiger partial charge in [0.05, 0.1) is 30.6 Å². The first-order valence-corrected chi connectivity index (χ1v) is 9.93. The molecular formula is C23H27N3O2S. The second kappa shape index (κ2) is 10.2. The molecule has 0 aliphatic carbocycles. The standard InChI is InChI=1S/C23H27N3O2S/c1-16-5-4-7-18(13-16)21(27)8-3-2-6-17-9-11-19(12-10-17)25-22(28)14-20-15-29-23(24)26-20/h4-5,7,9-13,15,21,27H,2-3,6,8,14H2,1H3,(H2,24,26)(H,25,28)/t21-/m0/s1/i4D,5D,7D,9D,10D,11D,12D,13D,15D. The van der Waals surface area contributed by atoms with Crippen molar-refractivity contribution >= 4 is 28.1 Å². The number of nitrogens with one attached hydrogen (secondary N) is 1. The first-order chi connectivity index (χ1) is 17.8. The summed E-state index contributed by atoms with van der Waals surface area (Å²) in [4.78, 5) is 16.3. The number of anilines is 2. The summed E-state index contributed by atoms with van der Waals surface area (Å²) < 4.78 is 72.8. The Hall–Kier alpha value is -2.70. The number of nitrogens with two attached hydrogens (primary N) is 1. The molecule has 1 heterocycles. The van der Waals surface area contributed by atoms with Crippen molar-refractivity contribution in [2.24, 2.45) is 0 Å². The Bertz CT molecular complexity index is 1340. The number of rotatable bonds is 9. The van der Waals surface area contributed by atoms with Gasteiger partial charge in [-0.3, -0.25) is 4.79 Å². The van der Waals surface area contributed by atoms with Crippen LogP contribution in [-0.4, -0.2) is 16.0 Å². The Kier molecular flexibility index (Phi) is 4.25. The van der Waals surface area contributed by atoms with Crippen molar-refractivity contribution in [2.45, 2.75) is 45.1 Å². The Morgan fingerprint density at radius 1 is 1.28 bits per heavy atom. The number of benzene rings is 2. The molecule has 29 heavy (non-hydrogen) atoms. The van der Waals surface area contributed by atoms with E-state index in [1.807, 2.05) is 0 Å². The highest BCUT2D eigenvalue weighted by Gasteiger charge is 2.08. The number of nitrogen functional groups attached to an aromatic ring is 1. The van der Waals surface area contributed by atoms with E-state index >= 15 is 0 Å². The monoisotopic (exact) mass is 418 g/mol. The minimum absolute atomic E-state index is 0.00859. The molecule has 0 saturated carbocycles. The van der Waals surface area contributed by atoms with Crippen LogP contribution in [0.15, 0.2) is 53.7 Å². The van der Waals surface area contributed by atoms with E-state index in [0.29, 0.717) is 12.8 Å². The van der Waals surface area contributed by atoms with E-state index in [0.717, 1.165) is 11.3 Å². The number of hydrogen-bond acceptors (Lipinski definition) is 5. The van der Waals surface area contributed by atoms with Gasteiger partial charge in [-0.15, -0.1) is 11.3 Å². The number of unbranched alkanes of at least 4 members (excludes halogenated alkanes) is 1. The minimum atomic E-state index is -1.20. The summed E-state index contributed by atoms with van der Waals surface area (Å²) in [7, 11) is 0. The van der Waals surface area contributed by atoms with Crippen LogP contribution < -0.4 is 11.1 Å². The zero-order valence-corrected chi connectivity index (χ0v) is 16.7. The molecule has 1 atom stereocenters. The molecule has 0 unspecified atom stereocenters. The summed E-state index contributed by atoms with van der Waals surface area (Å²) in [5, 5.41) is 13.1.